The van der Waals surface area contributed by atoms with Gasteiger partial charge in [-0.2, -0.15) is 0 Å². The molecule has 0 aliphatic carbocycles. The molecule has 0 saturated carbocycles. The van der Waals surface area contributed by atoms with Crippen molar-refractivity contribution in [1.29, 1.82) is 0 Å². The van der Waals surface area contributed by atoms with Crippen LogP contribution in [0.2, 0.25) is 0 Å². The Labute approximate surface area is 171 Å². The molecule has 0 bridgehead atoms. The second-order valence-electron chi connectivity index (χ2n) is 6.58. The van der Waals surface area contributed by atoms with E-state index in [1.165, 1.54) is 5.56 Å². The molecule has 29 heavy (non-hydrogen) atoms. The molecule has 2 rings (SSSR count). The van der Waals surface area contributed by atoms with Gasteiger partial charge < -0.3 is 19.9 Å². The lowest BCUT2D eigenvalue weighted by atomic mass is 10.1. The number of aliphatic hydroxyl groups is 1. The van der Waals surface area contributed by atoms with E-state index in [0.29, 0.717) is 36.6 Å². The second-order valence-corrected chi connectivity index (χ2v) is 6.58. The molecule has 2 aromatic carbocycles. The highest BCUT2D eigenvalue weighted by Crippen LogP contribution is 2.20. The van der Waals surface area contributed by atoms with Crippen molar-refractivity contribution in [1.82, 2.24) is 0 Å². The standard InChI is InChI=1S/C23H29NO5/c1-2-28-22(26)11-7-17-29-21-10-4-3-9-20(21)23(27)24-19-14-12-18(13-15-19)8-5-6-16-25/h3-4,9-10,12-15,25H,2,5-8,11,16-17H2,1H3,(H,24,27). The van der Waals surface area contributed by atoms with Crippen LogP contribution in [0.25, 0.3) is 0 Å². The van der Waals surface area contributed by atoms with Crippen molar-refractivity contribution in [2.45, 2.75) is 39.0 Å². The molecule has 1 amide bonds. The average molecular weight is 399 g/mol. The smallest absolute Gasteiger partial charge is 0.305 e. The topological polar surface area (TPSA) is 84.9 Å². The lowest BCUT2D eigenvalue weighted by molar-refractivity contribution is -0.143. The summed E-state index contributed by atoms with van der Waals surface area (Å²) in [5, 5.41) is 11.7. The maximum atomic E-state index is 12.7. The minimum atomic E-state index is -0.251. The summed E-state index contributed by atoms with van der Waals surface area (Å²) in [6.07, 6.45) is 3.43. The van der Waals surface area contributed by atoms with Crippen LogP contribution in [0.5, 0.6) is 5.75 Å². The average Bonchev–Trinajstić information content (AvgIpc) is 2.73. The van der Waals surface area contributed by atoms with Gasteiger partial charge in [-0.05, 0) is 62.4 Å². The molecular formula is C23H29NO5. The van der Waals surface area contributed by atoms with Crippen molar-refractivity contribution in [3.05, 3.63) is 59.7 Å². The SMILES string of the molecule is CCOC(=O)CCCOc1ccccc1C(=O)Nc1ccc(CCCCO)cc1. The Morgan fingerprint density at radius 3 is 2.48 bits per heavy atom. The molecule has 6 heteroatoms. The number of carbonyl (C=O) groups excluding carboxylic acids is 2. The number of rotatable bonds is 12. The number of benzene rings is 2. The number of ether oxygens (including phenoxy) is 2. The summed E-state index contributed by atoms with van der Waals surface area (Å²) in [6.45, 7) is 2.67. The van der Waals surface area contributed by atoms with Gasteiger partial charge in [0.1, 0.15) is 5.75 Å². The van der Waals surface area contributed by atoms with Crippen LogP contribution in [0.15, 0.2) is 48.5 Å². The van der Waals surface area contributed by atoms with Crippen LogP contribution < -0.4 is 10.1 Å². The molecule has 0 aliphatic rings. The minimum absolute atomic E-state index is 0.207. The van der Waals surface area contributed by atoms with Crippen LogP contribution in [0.3, 0.4) is 0 Å². The fraction of sp³-hybridized carbons (Fsp3) is 0.391. The molecule has 0 heterocycles. The van der Waals surface area contributed by atoms with Crippen molar-refractivity contribution in [2.24, 2.45) is 0 Å². The van der Waals surface area contributed by atoms with E-state index in [1.54, 1.807) is 31.2 Å². The van der Waals surface area contributed by atoms with E-state index in [9.17, 15) is 9.59 Å². The Morgan fingerprint density at radius 2 is 1.76 bits per heavy atom. The molecule has 0 radical (unpaired) electrons. The third-order valence-electron chi connectivity index (χ3n) is 4.31. The van der Waals surface area contributed by atoms with Gasteiger partial charge in [0, 0.05) is 18.7 Å². The lowest BCUT2D eigenvalue weighted by Gasteiger charge is -2.12. The van der Waals surface area contributed by atoms with Crippen LogP contribution in [0, 0.1) is 0 Å². The number of anilines is 1. The third-order valence-corrected chi connectivity index (χ3v) is 4.31. The molecule has 0 fully saturated rings. The van der Waals surface area contributed by atoms with Crippen LogP contribution in [0.1, 0.15) is 48.5 Å². The maximum absolute atomic E-state index is 12.7. The summed E-state index contributed by atoms with van der Waals surface area (Å²) in [5.41, 5.74) is 2.32. The van der Waals surface area contributed by atoms with Gasteiger partial charge in [-0.3, -0.25) is 9.59 Å². The normalized spacial score (nSPS) is 10.4. The third kappa shape index (κ3) is 7.95. The molecular weight excluding hydrogens is 370 g/mol. The zero-order valence-electron chi connectivity index (χ0n) is 16.9. The number of aliphatic hydroxyl groups excluding tert-OH is 1. The van der Waals surface area contributed by atoms with Crippen molar-refractivity contribution in [2.75, 3.05) is 25.1 Å². The first kappa shape index (κ1) is 22.4. The predicted octanol–water partition coefficient (Wildman–Crippen LogP) is 3.98. The van der Waals surface area contributed by atoms with Crippen LogP contribution >= 0.6 is 0 Å². The number of hydrogen-bond acceptors (Lipinski definition) is 5. The Bertz CT molecular complexity index is 773. The molecule has 0 atom stereocenters. The van der Waals surface area contributed by atoms with Gasteiger partial charge >= 0.3 is 5.97 Å². The largest absolute Gasteiger partial charge is 0.493 e. The van der Waals surface area contributed by atoms with Crippen LogP contribution in [-0.2, 0) is 16.0 Å². The van der Waals surface area contributed by atoms with Gasteiger partial charge in [-0.15, -0.1) is 0 Å². The van der Waals surface area contributed by atoms with Gasteiger partial charge in [-0.25, -0.2) is 0 Å². The number of hydrogen-bond donors (Lipinski definition) is 2. The molecule has 0 saturated heterocycles. The maximum Gasteiger partial charge on any atom is 0.305 e. The Balaban J connectivity index is 1.89. The highest BCUT2D eigenvalue weighted by molar-refractivity contribution is 6.06. The fourth-order valence-corrected chi connectivity index (χ4v) is 2.81. The predicted molar refractivity (Wildman–Crippen MR) is 112 cm³/mol. The van der Waals surface area contributed by atoms with Crippen molar-refractivity contribution >= 4 is 17.6 Å². The van der Waals surface area contributed by atoms with E-state index in [2.05, 4.69) is 5.32 Å². The molecule has 0 spiro atoms. The molecule has 0 aromatic heterocycles. The van der Waals surface area contributed by atoms with Crippen molar-refractivity contribution in [3.63, 3.8) is 0 Å². The van der Waals surface area contributed by atoms with Crippen molar-refractivity contribution in [3.8, 4) is 5.75 Å². The van der Waals surface area contributed by atoms with E-state index < -0.39 is 0 Å². The molecule has 156 valence electrons. The van der Waals surface area contributed by atoms with Gasteiger partial charge in [0.05, 0.1) is 18.8 Å². The number of nitrogens with one attached hydrogen (secondary N) is 1. The minimum Gasteiger partial charge on any atom is -0.493 e. The zero-order valence-corrected chi connectivity index (χ0v) is 16.9. The van der Waals surface area contributed by atoms with Crippen LogP contribution in [0.4, 0.5) is 5.69 Å². The monoisotopic (exact) mass is 399 g/mol. The molecule has 0 aliphatic heterocycles. The summed E-state index contributed by atoms with van der Waals surface area (Å²) in [6, 6.07) is 14.7. The number of unbranched alkanes of at least 4 members (excludes halogenated alkanes) is 1. The highest BCUT2D eigenvalue weighted by Gasteiger charge is 2.13. The molecule has 0 unspecified atom stereocenters. The van der Waals surface area contributed by atoms with Gasteiger partial charge in [0.25, 0.3) is 5.91 Å². The summed E-state index contributed by atoms with van der Waals surface area (Å²) < 4.78 is 10.6. The second kappa shape index (κ2) is 12.6. The number of amides is 1. The first-order valence-corrected chi connectivity index (χ1v) is 10.0. The summed E-state index contributed by atoms with van der Waals surface area (Å²) in [5.74, 6) is -0.0181. The molecule has 6 nitrogen and oxygen atoms in total. The van der Waals surface area contributed by atoms with Crippen LogP contribution in [-0.4, -0.2) is 36.8 Å². The van der Waals surface area contributed by atoms with Crippen molar-refractivity contribution < 1.29 is 24.2 Å². The zero-order chi connectivity index (χ0) is 20.9. The molecule has 2 aromatic rings. The van der Waals surface area contributed by atoms with E-state index in [4.69, 9.17) is 14.6 Å². The highest BCUT2D eigenvalue weighted by atomic mass is 16.5. The fourth-order valence-electron chi connectivity index (χ4n) is 2.81. The van der Waals surface area contributed by atoms with E-state index in [-0.39, 0.29) is 24.9 Å². The van der Waals surface area contributed by atoms with E-state index in [1.807, 2.05) is 24.3 Å². The summed E-state index contributed by atoms with van der Waals surface area (Å²) in [7, 11) is 0. The molecule has 2 N–H and O–H groups in total. The quantitative estimate of drug-likeness (QED) is 0.417. The van der Waals surface area contributed by atoms with Gasteiger partial charge in [-0.1, -0.05) is 24.3 Å². The summed E-state index contributed by atoms with van der Waals surface area (Å²) in [4.78, 5) is 24.0. The number of esters is 1. The number of para-hydroxylation sites is 1. The van der Waals surface area contributed by atoms with E-state index in [0.717, 1.165) is 19.3 Å². The summed E-state index contributed by atoms with van der Waals surface area (Å²) >= 11 is 0. The van der Waals surface area contributed by atoms with E-state index >= 15 is 0 Å². The lowest BCUT2D eigenvalue weighted by Crippen LogP contribution is -2.14. The number of carbonyl (C=O) groups is 2. The Hall–Kier alpha value is -2.86. The van der Waals surface area contributed by atoms with Gasteiger partial charge in [0.15, 0.2) is 0 Å². The first-order valence-electron chi connectivity index (χ1n) is 10.0. The Morgan fingerprint density at radius 1 is 1.00 bits per heavy atom. The number of aryl methyl sites for hydroxylation is 1. The van der Waals surface area contributed by atoms with Gasteiger partial charge in [0.2, 0.25) is 0 Å². The Kier molecular flexibility index (Phi) is 9.72. The first-order chi connectivity index (χ1) is 14.1.